The van der Waals surface area contributed by atoms with E-state index < -0.39 is 0 Å². The van der Waals surface area contributed by atoms with Gasteiger partial charge in [0.05, 0.1) is 7.11 Å². The van der Waals surface area contributed by atoms with Crippen molar-refractivity contribution in [1.82, 2.24) is 0 Å². The van der Waals surface area contributed by atoms with Gasteiger partial charge >= 0.3 is 0 Å². The monoisotopic (exact) mass is 269 g/mol. The first-order valence-electron chi connectivity index (χ1n) is 6.55. The minimum atomic E-state index is 0.495. The van der Waals surface area contributed by atoms with Gasteiger partial charge in [0.15, 0.2) is 11.5 Å². The van der Waals surface area contributed by atoms with Crippen molar-refractivity contribution in [1.29, 1.82) is 0 Å². The Morgan fingerprint density at radius 3 is 2.55 bits per heavy atom. The van der Waals surface area contributed by atoms with E-state index >= 15 is 0 Å². The average molecular weight is 269 g/mol. The molecule has 2 rings (SSSR count). The minimum absolute atomic E-state index is 0.495. The Morgan fingerprint density at radius 2 is 1.85 bits per heavy atom. The lowest BCUT2D eigenvalue weighted by Gasteiger charge is -2.13. The molecule has 0 unspecified atom stereocenters. The molecule has 104 valence electrons. The summed E-state index contributed by atoms with van der Waals surface area (Å²) in [6.45, 7) is 1.00. The summed E-state index contributed by atoms with van der Waals surface area (Å²) in [5.74, 6) is 1.46. The van der Waals surface area contributed by atoms with Gasteiger partial charge in [-0.15, -0.1) is 0 Å². The summed E-state index contributed by atoms with van der Waals surface area (Å²) in [5.41, 5.74) is 7.58. The standard InChI is InChI=1S/C17H19NO2/c1-19-16-11-5-9-15(10-6-12-18)17(16)20-13-14-7-3-2-4-8-14/h2-11H,12-13,18H2,1H3/b10-6+. The van der Waals surface area contributed by atoms with Gasteiger partial charge in [0, 0.05) is 12.1 Å². The van der Waals surface area contributed by atoms with Crippen molar-refractivity contribution in [2.75, 3.05) is 13.7 Å². The van der Waals surface area contributed by atoms with Gasteiger partial charge in [-0.1, -0.05) is 54.6 Å². The van der Waals surface area contributed by atoms with Crippen LogP contribution in [0, 0.1) is 0 Å². The van der Waals surface area contributed by atoms with Crippen LogP contribution in [0.25, 0.3) is 6.08 Å². The van der Waals surface area contributed by atoms with Crippen molar-refractivity contribution in [2.24, 2.45) is 5.73 Å². The number of hydrogen-bond acceptors (Lipinski definition) is 3. The van der Waals surface area contributed by atoms with Gasteiger partial charge in [-0.2, -0.15) is 0 Å². The summed E-state index contributed by atoms with van der Waals surface area (Å²) >= 11 is 0. The van der Waals surface area contributed by atoms with Crippen LogP contribution in [0.2, 0.25) is 0 Å². The molecule has 20 heavy (non-hydrogen) atoms. The number of hydrogen-bond donors (Lipinski definition) is 1. The summed E-state index contributed by atoms with van der Waals surface area (Å²) < 4.78 is 11.3. The molecule has 0 saturated heterocycles. The largest absolute Gasteiger partial charge is 0.493 e. The molecule has 0 atom stereocenters. The van der Waals surface area contributed by atoms with Crippen LogP contribution in [0.15, 0.2) is 54.6 Å². The maximum absolute atomic E-state index is 5.93. The van der Waals surface area contributed by atoms with Crippen molar-refractivity contribution in [3.05, 3.63) is 65.7 Å². The molecular formula is C17H19NO2. The Morgan fingerprint density at radius 1 is 1.05 bits per heavy atom. The predicted octanol–water partition coefficient (Wildman–Crippen LogP) is 3.25. The van der Waals surface area contributed by atoms with Crippen LogP contribution in [0.3, 0.4) is 0 Å². The van der Waals surface area contributed by atoms with E-state index in [1.807, 2.05) is 60.7 Å². The van der Waals surface area contributed by atoms with Gasteiger partial charge in [-0.25, -0.2) is 0 Å². The van der Waals surface area contributed by atoms with Crippen molar-refractivity contribution in [3.63, 3.8) is 0 Å². The third-order valence-electron chi connectivity index (χ3n) is 2.89. The average Bonchev–Trinajstić information content (AvgIpc) is 2.52. The molecule has 2 aromatic carbocycles. The molecule has 0 bridgehead atoms. The summed E-state index contributed by atoms with van der Waals surface area (Å²) in [7, 11) is 1.64. The molecule has 3 nitrogen and oxygen atoms in total. The van der Waals surface area contributed by atoms with E-state index in [1.165, 1.54) is 0 Å². The Labute approximate surface area is 119 Å². The fraction of sp³-hybridized carbons (Fsp3) is 0.176. The molecule has 0 radical (unpaired) electrons. The maximum Gasteiger partial charge on any atom is 0.168 e. The van der Waals surface area contributed by atoms with E-state index in [2.05, 4.69) is 0 Å². The lowest BCUT2D eigenvalue weighted by Crippen LogP contribution is -1.99. The first-order chi connectivity index (χ1) is 9.85. The Balaban J connectivity index is 2.22. The fourth-order valence-corrected chi connectivity index (χ4v) is 1.90. The lowest BCUT2D eigenvalue weighted by atomic mass is 10.1. The second-order valence-electron chi connectivity index (χ2n) is 4.29. The number of rotatable bonds is 6. The third kappa shape index (κ3) is 3.62. The molecule has 0 heterocycles. The van der Waals surface area contributed by atoms with E-state index in [4.69, 9.17) is 15.2 Å². The van der Waals surface area contributed by atoms with E-state index in [9.17, 15) is 0 Å². The van der Waals surface area contributed by atoms with Crippen LogP contribution in [-0.2, 0) is 6.61 Å². The van der Waals surface area contributed by atoms with Crippen LogP contribution < -0.4 is 15.2 Å². The van der Waals surface area contributed by atoms with Crippen LogP contribution in [-0.4, -0.2) is 13.7 Å². The zero-order chi connectivity index (χ0) is 14.2. The van der Waals surface area contributed by atoms with Crippen molar-refractivity contribution in [3.8, 4) is 11.5 Å². The summed E-state index contributed by atoms with van der Waals surface area (Å²) in [6, 6.07) is 15.9. The Bertz CT molecular complexity index is 564. The van der Waals surface area contributed by atoms with Crippen molar-refractivity contribution >= 4 is 6.08 Å². The fourth-order valence-electron chi connectivity index (χ4n) is 1.90. The highest BCUT2D eigenvalue weighted by Gasteiger charge is 2.08. The normalized spacial score (nSPS) is 10.7. The van der Waals surface area contributed by atoms with Gasteiger partial charge in [0.1, 0.15) is 6.61 Å². The van der Waals surface area contributed by atoms with Gasteiger partial charge in [-0.3, -0.25) is 0 Å². The quantitative estimate of drug-likeness (QED) is 0.875. The summed E-state index contributed by atoms with van der Waals surface area (Å²) in [4.78, 5) is 0. The van der Waals surface area contributed by atoms with Crippen molar-refractivity contribution < 1.29 is 9.47 Å². The molecule has 0 spiro atoms. The Kier molecular flexibility index (Phi) is 5.21. The topological polar surface area (TPSA) is 44.5 Å². The van der Waals surface area contributed by atoms with Gasteiger partial charge < -0.3 is 15.2 Å². The molecule has 2 N–H and O–H groups in total. The molecule has 0 amide bonds. The first kappa shape index (κ1) is 14.2. The first-order valence-corrected chi connectivity index (χ1v) is 6.55. The highest BCUT2D eigenvalue weighted by Crippen LogP contribution is 2.32. The molecule has 3 heteroatoms. The zero-order valence-electron chi connectivity index (χ0n) is 11.6. The molecule has 0 fully saturated rings. The molecule has 0 saturated carbocycles. The molecular weight excluding hydrogens is 250 g/mol. The van der Waals surface area contributed by atoms with E-state index in [0.717, 1.165) is 22.6 Å². The van der Waals surface area contributed by atoms with Gasteiger partial charge in [0.25, 0.3) is 0 Å². The van der Waals surface area contributed by atoms with Crippen LogP contribution >= 0.6 is 0 Å². The maximum atomic E-state index is 5.93. The molecule has 0 aromatic heterocycles. The Hall–Kier alpha value is -2.26. The summed E-state index contributed by atoms with van der Waals surface area (Å²) in [6.07, 6.45) is 3.84. The number of ether oxygens (including phenoxy) is 2. The van der Waals surface area contributed by atoms with Crippen LogP contribution in [0.5, 0.6) is 11.5 Å². The SMILES string of the molecule is COc1cccc(/C=C/CN)c1OCc1ccccc1. The molecule has 2 aromatic rings. The lowest BCUT2D eigenvalue weighted by molar-refractivity contribution is 0.284. The smallest absolute Gasteiger partial charge is 0.168 e. The van der Waals surface area contributed by atoms with Gasteiger partial charge in [-0.05, 0) is 11.6 Å². The third-order valence-corrected chi connectivity index (χ3v) is 2.89. The minimum Gasteiger partial charge on any atom is -0.493 e. The van der Waals surface area contributed by atoms with Gasteiger partial charge in [0.2, 0.25) is 0 Å². The number of benzene rings is 2. The molecule has 0 aliphatic carbocycles. The molecule has 0 aliphatic rings. The van der Waals surface area contributed by atoms with E-state index in [1.54, 1.807) is 7.11 Å². The predicted molar refractivity (Wildman–Crippen MR) is 81.9 cm³/mol. The molecule has 0 aliphatic heterocycles. The van der Waals surface area contributed by atoms with E-state index in [-0.39, 0.29) is 0 Å². The van der Waals surface area contributed by atoms with Crippen LogP contribution in [0.4, 0.5) is 0 Å². The number of nitrogens with two attached hydrogens (primary N) is 1. The van der Waals surface area contributed by atoms with Crippen molar-refractivity contribution in [2.45, 2.75) is 6.61 Å². The number of para-hydroxylation sites is 1. The van der Waals surface area contributed by atoms with Crippen LogP contribution in [0.1, 0.15) is 11.1 Å². The zero-order valence-corrected chi connectivity index (χ0v) is 11.6. The second kappa shape index (κ2) is 7.36. The number of methoxy groups -OCH3 is 1. The highest BCUT2D eigenvalue weighted by atomic mass is 16.5. The second-order valence-corrected chi connectivity index (χ2v) is 4.29. The highest BCUT2D eigenvalue weighted by molar-refractivity contribution is 5.62. The van der Waals surface area contributed by atoms with E-state index in [0.29, 0.717) is 13.2 Å². The summed E-state index contributed by atoms with van der Waals surface area (Å²) in [5, 5.41) is 0.